The molecule has 2 aromatic rings. The Morgan fingerprint density at radius 3 is 2.38 bits per heavy atom. The first-order valence-corrected chi connectivity index (χ1v) is 9.97. The van der Waals surface area contributed by atoms with Crippen molar-refractivity contribution in [2.24, 2.45) is 4.99 Å². The van der Waals surface area contributed by atoms with Crippen LogP contribution in [0, 0.1) is 6.92 Å². The number of aliphatic imine (C=N–C) groups is 1. The van der Waals surface area contributed by atoms with E-state index in [1.54, 1.807) is 14.2 Å². The lowest BCUT2D eigenvalue weighted by Gasteiger charge is -2.15. The summed E-state index contributed by atoms with van der Waals surface area (Å²) in [5.41, 5.74) is 4.61. The number of hydrogen-bond donors (Lipinski definition) is 2. The second kappa shape index (κ2) is 12.8. The minimum atomic E-state index is 0.527. The summed E-state index contributed by atoms with van der Waals surface area (Å²) in [6.07, 6.45) is 0. The average Bonchev–Trinajstić information content (AvgIpc) is 2.74. The van der Waals surface area contributed by atoms with Crippen molar-refractivity contribution < 1.29 is 14.2 Å². The van der Waals surface area contributed by atoms with Gasteiger partial charge in [0.25, 0.3) is 0 Å². The highest BCUT2D eigenvalue weighted by Crippen LogP contribution is 2.20. The van der Waals surface area contributed by atoms with Crippen LogP contribution in [0.1, 0.15) is 29.2 Å². The standard InChI is InChI=1S/C23H33N3O3/c1-5-28-17-20-9-7-19(8-10-20)15-25-23(24-3)26-16-21-11-6-18(2)14-22(21)29-13-12-27-4/h6-11,14H,5,12-13,15-17H2,1-4H3,(H2,24,25,26). The van der Waals surface area contributed by atoms with Gasteiger partial charge in [-0.3, -0.25) is 4.99 Å². The maximum Gasteiger partial charge on any atom is 0.191 e. The zero-order chi connectivity index (χ0) is 20.9. The molecule has 0 heterocycles. The first-order valence-electron chi connectivity index (χ1n) is 9.97. The van der Waals surface area contributed by atoms with Crippen molar-refractivity contribution in [2.45, 2.75) is 33.5 Å². The molecule has 6 nitrogen and oxygen atoms in total. The van der Waals surface area contributed by atoms with E-state index in [4.69, 9.17) is 14.2 Å². The number of guanidine groups is 1. The third kappa shape index (κ3) is 8.13. The number of aryl methyl sites for hydroxylation is 1. The first-order chi connectivity index (χ1) is 14.2. The van der Waals surface area contributed by atoms with E-state index in [1.165, 1.54) is 11.1 Å². The minimum Gasteiger partial charge on any atom is -0.491 e. The molecule has 0 saturated heterocycles. The van der Waals surface area contributed by atoms with Gasteiger partial charge >= 0.3 is 0 Å². The number of nitrogens with one attached hydrogen (secondary N) is 2. The Bertz CT molecular complexity index is 760. The SMILES string of the molecule is CCOCc1ccc(CNC(=NC)NCc2ccc(C)cc2OCCOC)cc1. The molecular weight excluding hydrogens is 366 g/mol. The number of methoxy groups -OCH3 is 1. The second-order valence-electron chi connectivity index (χ2n) is 6.69. The quantitative estimate of drug-likeness (QED) is 0.344. The number of benzene rings is 2. The molecule has 2 aromatic carbocycles. The van der Waals surface area contributed by atoms with Gasteiger partial charge in [-0.15, -0.1) is 0 Å². The van der Waals surface area contributed by atoms with Gasteiger partial charge in [0, 0.05) is 39.4 Å². The molecule has 0 bridgehead atoms. The minimum absolute atomic E-state index is 0.527. The van der Waals surface area contributed by atoms with Crippen LogP contribution in [0.2, 0.25) is 0 Å². The lowest BCUT2D eigenvalue weighted by Crippen LogP contribution is -2.36. The van der Waals surface area contributed by atoms with Crippen molar-refractivity contribution in [1.29, 1.82) is 0 Å². The normalized spacial score (nSPS) is 11.4. The van der Waals surface area contributed by atoms with Gasteiger partial charge in [0.05, 0.1) is 13.2 Å². The zero-order valence-corrected chi connectivity index (χ0v) is 18.0. The Hall–Kier alpha value is -2.57. The highest BCUT2D eigenvalue weighted by atomic mass is 16.5. The third-order valence-corrected chi connectivity index (χ3v) is 4.39. The van der Waals surface area contributed by atoms with Crippen LogP contribution in [-0.2, 0) is 29.2 Å². The number of hydrogen-bond acceptors (Lipinski definition) is 4. The summed E-state index contributed by atoms with van der Waals surface area (Å²) >= 11 is 0. The van der Waals surface area contributed by atoms with Crippen molar-refractivity contribution in [3.05, 3.63) is 64.7 Å². The van der Waals surface area contributed by atoms with Crippen LogP contribution in [0.4, 0.5) is 0 Å². The molecular formula is C23H33N3O3. The van der Waals surface area contributed by atoms with Gasteiger partial charge in [0.15, 0.2) is 5.96 Å². The topological polar surface area (TPSA) is 64.1 Å². The Kier molecular flexibility index (Phi) is 10.0. The lowest BCUT2D eigenvalue weighted by molar-refractivity contribution is 0.134. The Balaban J connectivity index is 1.87. The number of ether oxygens (including phenoxy) is 3. The van der Waals surface area contributed by atoms with Crippen molar-refractivity contribution in [3.8, 4) is 5.75 Å². The van der Waals surface area contributed by atoms with Gasteiger partial charge in [0.1, 0.15) is 12.4 Å². The van der Waals surface area contributed by atoms with Crippen LogP contribution in [0.25, 0.3) is 0 Å². The summed E-state index contributed by atoms with van der Waals surface area (Å²) in [6, 6.07) is 14.6. The monoisotopic (exact) mass is 399 g/mol. The van der Waals surface area contributed by atoms with Crippen LogP contribution in [0.3, 0.4) is 0 Å². The Labute approximate surface area is 174 Å². The van der Waals surface area contributed by atoms with Gasteiger partial charge < -0.3 is 24.8 Å². The molecule has 0 aromatic heterocycles. The van der Waals surface area contributed by atoms with Gasteiger partial charge in [-0.2, -0.15) is 0 Å². The summed E-state index contributed by atoms with van der Waals surface area (Å²) in [5, 5.41) is 6.70. The summed E-state index contributed by atoms with van der Waals surface area (Å²) in [5.74, 6) is 1.61. The van der Waals surface area contributed by atoms with Crippen LogP contribution < -0.4 is 15.4 Å². The van der Waals surface area contributed by atoms with Crippen molar-refractivity contribution >= 4 is 5.96 Å². The van der Waals surface area contributed by atoms with E-state index < -0.39 is 0 Å². The molecule has 2 N–H and O–H groups in total. The predicted octanol–water partition coefficient (Wildman–Crippen LogP) is 3.42. The molecule has 0 aliphatic carbocycles. The average molecular weight is 400 g/mol. The molecule has 0 atom stereocenters. The zero-order valence-electron chi connectivity index (χ0n) is 18.0. The Morgan fingerprint density at radius 2 is 1.69 bits per heavy atom. The van der Waals surface area contributed by atoms with Gasteiger partial charge in [-0.1, -0.05) is 36.4 Å². The van der Waals surface area contributed by atoms with Crippen LogP contribution >= 0.6 is 0 Å². The van der Waals surface area contributed by atoms with E-state index in [0.717, 1.165) is 29.4 Å². The molecule has 0 amide bonds. The van der Waals surface area contributed by atoms with Crippen LogP contribution in [0.15, 0.2) is 47.5 Å². The molecule has 29 heavy (non-hydrogen) atoms. The number of nitrogens with zero attached hydrogens (tertiary/aromatic N) is 1. The van der Waals surface area contributed by atoms with E-state index in [1.807, 2.05) is 13.0 Å². The summed E-state index contributed by atoms with van der Waals surface area (Å²) in [7, 11) is 3.44. The van der Waals surface area contributed by atoms with E-state index in [9.17, 15) is 0 Å². The van der Waals surface area contributed by atoms with E-state index in [0.29, 0.717) is 32.9 Å². The van der Waals surface area contributed by atoms with Crippen molar-refractivity contribution in [1.82, 2.24) is 10.6 Å². The smallest absolute Gasteiger partial charge is 0.191 e. The molecule has 0 aliphatic rings. The summed E-state index contributed by atoms with van der Waals surface area (Å²) in [6.45, 7) is 7.84. The fourth-order valence-corrected chi connectivity index (χ4v) is 2.74. The van der Waals surface area contributed by atoms with Crippen LogP contribution in [-0.4, -0.2) is 39.9 Å². The molecule has 6 heteroatoms. The highest BCUT2D eigenvalue weighted by molar-refractivity contribution is 5.79. The fourth-order valence-electron chi connectivity index (χ4n) is 2.74. The van der Waals surface area contributed by atoms with E-state index in [2.05, 4.69) is 58.9 Å². The molecule has 0 unspecified atom stereocenters. The lowest BCUT2D eigenvalue weighted by atomic mass is 10.1. The van der Waals surface area contributed by atoms with Crippen LogP contribution in [0.5, 0.6) is 5.75 Å². The maximum absolute atomic E-state index is 5.86. The molecule has 0 spiro atoms. The largest absolute Gasteiger partial charge is 0.491 e. The predicted molar refractivity (Wildman–Crippen MR) is 117 cm³/mol. The summed E-state index contributed by atoms with van der Waals surface area (Å²) < 4.78 is 16.4. The highest BCUT2D eigenvalue weighted by Gasteiger charge is 2.06. The molecule has 0 radical (unpaired) electrons. The van der Waals surface area contributed by atoms with Crippen molar-refractivity contribution in [2.75, 3.05) is 34.0 Å². The third-order valence-electron chi connectivity index (χ3n) is 4.39. The summed E-state index contributed by atoms with van der Waals surface area (Å²) in [4.78, 5) is 4.31. The van der Waals surface area contributed by atoms with Gasteiger partial charge in [-0.25, -0.2) is 0 Å². The molecule has 0 aliphatic heterocycles. The van der Waals surface area contributed by atoms with E-state index in [-0.39, 0.29) is 0 Å². The molecule has 0 saturated carbocycles. The number of rotatable bonds is 11. The maximum atomic E-state index is 5.86. The second-order valence-corrected chi connectivity index (χ2v) is 6.69. The molecule has 0 fully saturated rings. The molecule has 158 valence electrons. The van der Waals surface area contributed by atoms with E-state index >= 15 is 0 Å². The molecule has 2 rings (SSSR count). The first kappa shape index (κ1) is 22.7. The fraction of sp³-hybridized carbons (Fsp3) is 0.435. The van der Waals surface area contributed by atoms with Gasteiger partial charge in [0.2, 0.25) is 0 Å². The van der Waals surface area contributed by atoms with Crippen molar-refractivity contribution in [3.63, 3.8) is 0 Å². The van der Waals surface area contributed by atoms with Gasteiger partial charge in [-0.05, 0) is 36.6 Å². The Morgan fingerprint density at radius 1 is 0.966 bits per heavy atom.